The Bertz CT molecular complexity index is 371. The number of hydrogen-bond acceptors (Lipinski definition) is 2. The van der Waals surface area contributed by atoms with Crippen molar-refractivity contribution in [3.8, 4) is 0 Å². The third kappa shape index (κ3) is 2.67. The second kappa shape index (κ2) is 5.32. The number of benzene rings is 1. The van der Waals surface area contributed by atoms with Gasteiger partial charge in [-0.15, -0.1) is 0 Å². The van der Waals surface area contributed by atoms with Gasteiger partial charge in [-0.3, -0.25) is 4.79 Å². The van der Waals surface area contributed by atoms with Gasteiger partial charge in [0.25, 0.3) is 0 Å². The molecule has 1 aromatic rings. The summed E-state index contributed by atoms with van der Waals surface area (Å²) in [6, 6.07) is 10.0. The largest absolute Gasteiger partial charge is 0.352 e. The number of nitrogens with one attached hydrogen (secondary N) is 2. The molecule has 0 spiro atoms. The molecule has 1 aliphatic rings. The van der Waals surface area contributed by atoms with Crippen LogP contribution in [-0.2, 0) is 11.3 Å². The van der Waals surface area contributed by atoms with Gasteiger partial charge in [0.05, 0.1) is 5.41 Å². The van der Waals surface area contributed by atoms with Crippen LogP contribution in [0.25, 0.3) is 0 Å². The zero-order valence-corrected chi connectivity index (χ0v) is 10.3. The molecular weight excluding hydrogens is 212 g/mol. The van der Waals surface area contributed by atoms with Gasteiger partial charge in [-0.1, -0.05) is 36.8 Å². The fraction of sp³-hybridized carbons (Fsp3) is 0.500. The lowest BCUT2D eigenvalue weighted by molar-refractivity contribution is -0.135. The fourth-order valence-electron chi connectivity index (χ4n) is 2.39. The molecule has 1 aromatic carbocycles. The van der Waals surface area contributed by atoms with E-state index in [4.69, 9.17) is 0 Å². The van der Waals surface area contributed by atoms with Gasteiger partial charge in [-0.05, 0) is 25.5 Å². The molecule has 92 valence electrons. The van der Waals surface area contributed by atoms with E-state index in [1.54, 1.807) is 0 Å². The molecule has 17 heavy (non-hydrogen) atoms. The first-order valence-corrected chi connectivity index (χ1v) is 6.24. The first-order valence-electron chi connectivity index (χ1n) is 6.24. The minimum atomic E-state index is -0.149. The van der Waals surface area contributed by atoms with E-state index in [0.717, 1.165) is 24.9 Å². The average molecular weight is 232 g/mol. The Morgan fingerprint density at radius 2 is 2.00 bits per heavy atom. The summed E-state index contributed by atoms with van der Waals surface area (Å²) >= 11 is 0. The van der Waals surface area contributed by atoms with Crippen LogP contribution in [0.2, 0.25) is 0 Å². The Balaban J connectivity index is 1.88. The first-order chi connectivity index (χ1) is 8.27. The summed E-state index contributed by atoms with van der Waals surface area (Å²) in [5.41, 5.74) is 1.00. The Labute approximate surface area is 103 Å². The normalized spacial score (nSPS) is 17.2. The van der Waals surface area contributed by atoms with Crippen molar-refractivity contribution in [3.63, 3.8) is 0 Å². The van der Waals surface area contributed by atoms with Gasteiger partial charge in [-0.2, -0.15) is 0 Å². The molecule has 1 aliphatic carbocycles. The van der Waals surface area contributed by atoms with E-state index in [1.807, 2.05) is 37.4 Å². The van der Waals surface area contributed by atoms with E-state index in [2.05, 4.69) is 10.6 Å². The predicted octanol–water partition coefficient (Wildman–Crippen LogP) is 1.69. The summed E-state index contributed by atoms with van der Waals surface area (Å²) in [6.45, 7) is 1.42. The molecule has 2 N–H and O–H groups in total. The first kappa shape index (κ1) is 12.1. The van der Waals surface area contributed by atoms with Crippen LogP contribution in [0, 0.1) is 5.41 Å². The van der Waals surface area contributed by atoms with Gasteiger partial charge in [0.2, 0.25) is 5.91 Å². The molecule has 0 radical (unpaired) electrons. The van der Waals surface area contributed by atoms with Crippen LogP contribution in [0.5, 0.6) is 0 Å². The second-order valence-corrected chi connectivity index (χ2v) is 4.83. The maximum atomic E-state index is 12.2. The lowest BCUT2D eigenvalue weighted by Gasteiger charge is -2.40. The standard InChI is InChI=1S/C14H20N2O/c1-15-11-14(8-5-9-14)13(17)16-10-12-6-3-2-4-7-12/h2-4,6-7,15H,5,8-11H2,1H3,(H,16,17). The van der Waals surface area contributed by atoms with E-state index in [0.29, 0.717) is 6.54 Å². The molecule has 0 aromatic heterocycles. The molecule has 1 amide bonds. The Kier molecular flexibility index (Phi) is 3.79. The molecule has 0 heterocycles. The number of amides is 1. The van der Waals surface area contributed by atoms with Crippen molar-refractivity contribution in [2.24, 2.45) is 5.41 Å². The molecule has 0 saturated heterocycles. The molecular formula is C14H20N2O. The fourth-order valence-corrected chi connectivity index (χ4v) is 2.39. The third-order valence-electron chi connectivity index (χ3n) is 3.60. The number of carbonyl (C=O) groups is 1. The number of rotatable bonds is 5. The van der Waals surface area contributed by atoms with Gasteiger partial charge in [0.1, 0.15) is 0 Å². The lowest BCUT2D eigenvalue weighted by atomic mass is 9.68. The van der Waals surface area contributed by atoms with E-state index in [9.17, 15) is 4.79 Å². The van der Waals surface area contributed by atoms with E-state index < -0.39 is 0 Å². The smallest absolute Gasteiger partial charge is 0.227 e. The quantitative estimate of drug-likeness (QED) is 0.811. The highest BCUT2D eigenvalue weighted by molar-refractivity contribution is 5.83. The maximum Gasteiger partial charge on any atom is 0.227 e. The lowest BCUT2D eigenvalue weighted by Crippen LogP contribution is -2.50. The van der Waals surface area contributed by atoms with Crippen LogP contribution in [0.15, 0.2) is 30.3 Å². The maximum absolute atomic E-state index is 12.2. The van der Waals surface area contributed by atoms with Crippen LogP contribution in [0.4, 0.5) is 0 Å². The van der Waals surface area contributed by atoms with E-state index in [1.165, 1.54) is 6.42 Å². The van der Waals surface area contributed by atoms with Crippen LogP contribution >= 0.6 is 0 Å². The molecule has 2 rings (SSSR count). The summed E-state index contributed by atoms with van der Waals surface area (Å²) in [5.74, 6) is 0.196. The summed E-state index contributed by atoms with van der Waals surface area (Å²) < 4.78 is 0. The van der Waals surface area contributed by atoms with Crippen molar-refractivity contribution >= 4 is 5.91 Å². The van der Waals surface area contributed by atoms with Gasteiger partial charge in [0.15, 0.2) is 0 Å². The second-order valence-electron chi connectivity index (χ2n) is 4.83. The van der Waals surface area contributed by atoms with Crippen molar-refractivity contribution in [2.75, 3.05) is 13.6 Å². The molecule has 0 aliphatic heterocycles. The highest BCUT2D eigenvalue weighted by atomic mass is 16.2. The minimum absolute atomic E-state index is 0.149. The van der Waals surface area contributed by atoms with Crippen molar-refractivity contribution in [2.45, 2.75) is 25.8 Å². The van der Waals surface area contributed by atoms with Gasteiger partial charge in [0, 0.05) is 13.1 Å². The Morgan fingerprint density at radius 3 is 2.53 bits per heavy atom. The van der Waals surface area contributed by atoms with Crippen molar-refractivity contribution in [3.05, 3.63) is 35.9 Å². The van der Waals surface area contributed by atoms with Crippen LogP contribution in [-0.4, -0.2) is 19.5 Å². The highest BCUT2D eigenvalue weighted by Gasteiger charge is 2.43. The van der Waals surface area contributed by atoms with Gasteiger partial charge >= 0.3 is 0 Å². The number of carbonyl (C=O) groups excluding carboxylic acids is 1. The van der Waals surface area contributed by atoms with Crippen LogP contribution in [0.1, 0.15) is 24.8 Å². The predicted molar refractivity (Wildman–Crippen MR) is 68.5 cm³/mol. The van der Waals surface area contributed by atoms with Gasteiger partial charge in [-0.25, -0.2) is 0 Å². The van der Waals surface area contributed by atoms with Gasteiger partial charge < -0.3 is 10.6 Å². The van der Waals surface area contributed by atoms with E-state index >= 15 is 0 Å². The summed E-state index contributed by atoms with van der Waals surface area (Å²) in [6.07, 6.45) is 3.18. The Morgan fingerprint density at radius 1 is 1.29 bits per heavy atom. The summed E-state index contributed by atoms with van der Waals surface area (Å²) in [4.78, 5) is 12.2. The Hall–Kier alpha value is -1.35. The molecule has 3 heteroatoms. The molecule has 0 bridgehead atoms. The third-order valence-corrected chi connectivity index (χ3v) is 3.60. The average Bonchev–Trinajstić information content (AvgIpc) is 2.32. The van der Waals surface area contributed by atoms with E-state index in [-0.39, 0.29) is 11.3 Å². The topological polar surface area (TPSA) is 41.1 Å². The minimum Gasteiger partial charge on any atom is -0.352 e. The number of hydrogen-bond donors (Lipinski definition) is 2. The zero-order valence-electron chi connectivity index (χ0n) is 10.3. The van der Waals surface area contributed by atoms with Crippen molar-refractivity contribution < 1.29 is 4.79 Å². The van der Waals surface area contributed by atoms with Crippen molar-refractivity contribution in [1.29, 1.82) is 0 Å². The summed E-state index contributed by atoms with van der Waals surface area (Å²) in [7, 11) is 1.91. The molecule has 0 unspecified atom stereocenters. The molecule has 1 saturated carbocycles. The van der Waals surface area contributed by atoms with Crippen molar-refractivity contribution in [1.82, 2.24) is 10.6 Å². The zero-order chi connectivity index (χ0) is 12.1. The summed E-state index contributed by atoms with van der Waals surface area (Å²) in [5, 5.41) is 6.18. The molecule has 1 fully saturated rings. The van der Waals surface area contributed by atoms with Crippen LogP contribution in [0.3, 0.4) is 0 Å². The SMILES string of the molecule is CNCC1(C(=O)NCc2ccccc2)CCC1. The highest BCUT2D eigenvalue weighted by Crippen LogP contribution is 2.40. The molecule has 3 nitrogen and oxygen atoms in total. The molecule has 0 atom stereocenters. The monoisotopic (exact) mass is 232 g/mol. The van der Waals surface area contributed by atoms with Crippen LogP contribution < -0.4 is 10.6 Å².